The Labute approximate surface area is 167 Å². The number of fused-ring (bicyclic) bond motifs is 2. The molecule has 4 rings (SSSR count). The number of nitriles is 1. The monoisotopic (exact) mass is 383 g/mol. The molecule has 0 aliphatic rings. The third kappa shape index (κ3) is 3.21. The Kier molecular flexibility index (Phi) is 4.76. The summed E-state index contributed by atoms with van der Waals surface area (Å²) in [6.07, 6.45) is 1.73. The third-order valence-corrected chi connectivity index (χ3v) is 4.73. The van der Waals surface area contributed by atoms with Gasteiger partial charge < -0.3 is 13.9 Å². The Morgan fingerprint density at radius 2 is 1.72 bits per heavy atom. The molecule has 4 aromatic rings. The second kappa shape index (κ2) is 7.53. The summed E-state index contributed by atoms with van der Waals surface area (Å²) in [4.78, 5) is 12.9. The van der Waals surface area contributed by atoms with Crippen molar-refractivity contribution in [2.75, 3.05) is 14.2 Å². The van der Waals surface area contributed by atoms with Gasteiger partial charge in [-0.25, -0.2) is 0 Å². The number of methoxy groups -OCH3 is 2. The predicted octanol–water partition coefficient (Wildman–Crippen LogP) is 5.03. The van der Waals surface area contributed by atoms with Crippen LogP contribution in [-0.4, -0.2) is 14.2 Å². The summed E-state index contributed by atoms with van der Waals surface area (Å²) >= 11 is 0. The number of ether oxygens (including phenoxy) is 2. The lowest BCUT2D eigenvalue weighted by atomic mass is 10.0. The molecule has 0 unspecified atom stereocenters. The summed E-state index contributed by atoms with van der Waals surface area (Å²) in [6, 6.07) is 19.9. The van der Waals surface area contributed by atoms with Crippen LogP contribution in [0.1, 0.15) is 11.1 Å². The summed E-state index contributed by atoms with van der Waals surface area (Å²) in [5, 5.41) is 10.8. The summed E-state index contributed by atoms with van der Waals surface area (Å²) in [6.45, 7) is 0. The molecule has 3 aromatic carbocycles. The van der Waals surface area contributed by atoms with Crippen molar-refractivity contribution >= 4 is 33.6 Å². The maximum Gasteiger partial charge on any atom is 0.200 e. The first-order valence-electron chi connectivity index (χ1n) is 8.95. The van der Waals surface area contributed by atoms with Crippen molar-refractivity contribution in [3.63, 3.8) is 0 Å². The van der Waals surface area contributed by atoms with E-state index in [1.807, 2.05) is 12.1 Å². The molecule has 0 atom stereocenters. The molecule has 142 valence electrons. The number of allylic oxidation sites excluding steroid dienone is 1. The van der Waals surface area contributed by atoms with Gasteiger partial charge in [0.15, 0.2) is 11.5 Å². The van der Waals surface area contributed by atoms with Crippen LogP contribution in [0.4, 0.5) is 0 Å². The highest BCUT2D eigenvalue weighted by molar-refractivity contribution is 6.01. The number of hydrogen-bond donors (Lipinski definition) is 0. The maximum atomic E-state index is 12.9. The van der Waals surface area contributed by atoms with E-state index < -0.39 is 0 Å². The van der Waals surface area contributed by atoms with E-state index in [-0.39, 0.29) is 5.43 Å². The molecule has 0 radical (unpaired) electrons. The molecule has 29 heavy (non-hydrogen) atoms. The van der Waals surface area contributed by atoms with Crippen LogP contribution in [0.25, 0.3) is 33.6 Å². The van der Waals surface area contributed by atoms with Crippen LogP contribution in [0.15, 0.2) is 69.9 Å². The molecule has 0 amide bonds. The fourth-order valence-electron chi connectivity index (χ4n) is 3.32. The largest absolute Gasteiger partial charge is 0.493 e. The summed E-state index contributed by atoms with van der Waals surface area (Å²) < 4.78 is 16.6. The van der Waals surface area contributed by atoms with Crippen molar-refractivity contribution in [3.8, 4) is 17.6 Å². The fraction of sp³-hybridized carbons (Fsp3) is 0.0833. The molecule has 0 aliphatic carbocycles. The Hall–Kier alpha value is -4.04. The van der Waals surface area contributed by atoms with Crippen LogP contribution in [0.3, 0.4) is 0 Å². The minimum Gasteiger partial charge on any atom is -0.493 e. The normalized spacial score (nSPS) is 11.4. The van der Waals surface area contributed by atoms with Crippen molar-refractivity contribution < 1.29 is 13.9 Å². The van der Waals surface area contributed by atoms with Gasteiger partial charge in [0.1, 0.15) is 11.2 Å². The molecule has 1 aromatic heterocycles. The molecule has 1 heterocycles. The van der Waals surface area contributed by atoms with E-state index >= 15 is 0 Å². The van der Waals surface area contributed by atoms with E-state index in [0.717, 1.165) is 5.56 Å². The van der Waals surface area contributed by atoms with E-state index in [0.29, 0.717) is 44.6 Å². The quantitative estimate of drug-likeness (QED) is 0.281. The van der Waals surface area contributed by atoms with Gasteiger partial charge in [0, 0.05) is 5.56 Å². The van der Waals surface area contributed by atoms with Gasteiger partial charge in [0.25, 0.3) is 0 Å². The average molecular weight is 383 g/mol. The van der Waals surface area contributed by atoms with Gasteiger partial charge in [0.2, 0.25) is 5.43 Å². The van der Waals surface area contributed by atoms with Gasteiger partial charge >= 0.3 is 0 Å². The highest BCUT2D eigenvalue weighted by Gasteiger charge is 2.14. The summed E-state index contributed by atoms with van der Waals surface area (Å²) in [7, 11) is 3.12. The van der Waals surface area contributed by atoms with Crippen molar-refractivity contribution in [1.29, 1.82) is 5.26 Å². The van der Waals surface area contributed by atoms with Crippen LogP contribution in [0.2, 0.25) is 0 Å². The van der Waals surface area contributed by atoms with Crippen LogP contribution in [0.5, 0.6) is 11.5 Å². The lowest BCUT2D eigenvalue weighted by Gasteiger charge is -2.09. The number of hydrogen-bond acceptors (Lipinski definition) is 5. The van der Waals surface area contributed by atoms with Gasteiger partial charge in [0.05, 0.1) is 36.6 Å². The highest BCUT2D eigenvalue weighted by atomic mass is 16.5. The number of nitrogens with zero attached hydrogens (tertiary/aromatic N) is 1. The van der Waals surface area contributed by atoms with E-state index in [1.165, 1.54) is 0 Å². The average Bonchev–Trinajstić information content (AvgIpc) is 2.77. The zero-order valence-corrected chi connectivity index (χ0v) is 15.9. The second-order valence-corrected chi connectivity index (χ2v) is 6.39. The summed E-state index contributed by atoms with van der Waals surface area (Å²) in [5.41, 5.74) is 2.46. The van der Waals surface area contributed by atoms with Crippen LogP contribution >= 0.6 is 0 Å². The standard InChI is InChI=1S/C24H17NO4/c1-27-21-11-10-15(13-22(21)28-2)12-16(14-25)17-7-5-8-19-23(26)18-6-3-4-9-20(18)29-24(17)19/h3-13H,1-2H3. The fourth-order valence-corrected chi connectivity index (χ4v) is 3.32. The van der Waals surface area contributed by atoms with E-state index in [2.05, 4.69) is 6.07 Å². The topological polar surface area (TPSA) is 72.5 Å². The molecule has 5 nitrogen and oxygen atoms in total. The molecule has 0 N–H and O–H groups in total. The molecular formula is C24H17NO4. The first kappa shape index (κ1) is 18.3. The van der Waals surface area contributed by atoms with Crippen molar-refractivity contribution in [3.05, 3.63) is 82.0 Å². The Balaban J connectivity index is 1.94. The SMILES string of the molecule is COc1ccc(C=C(C#N)c2cccc3c(=O)c4ccccc4oc23)cc1OC. The Bertz CT molecular complexity index is 1360. The number of para-hydroxylation sites is 2. The zero-order valence-electron chi connectivity index (χ0n) is 15.9. The van der Waals surface area contributed by atoms with E-state index in [9.17, 15) is 10.1 Å². The zero-order chi connectivity index (χ0) is 20.4. The first-order valence-corrected chi connectivity index (χ1v) is 8.95. The minimum absolute atomic E-state index is 0.118. The van der Waals surface area contributed by atoms with Crippen molar-refractivity contribution in [1.82, 2.24) is 0 Å². The van der Waals surface area contributed by atoms with Gasteiger partial charge in [-0.15, -0.1) is 0 Å². The molecule has 0 fully saturated rings. The third-order valence-electron chi connectivity index (χ3n) is 4.73. The molecule has 0 aliphatic heterocycles. The van der Waals surface area contributed by atoms with Crippen molar-refractivity contribution in [2.24, 2.45) is 0 Å². The van der Waals surface area contributed by atoms with Gasteiger partial charge in [-0.05, 0) is 48.0 Å². The van der Waals surface area contributed by atoms with Crippen LogP contribution < -0.4 is 14.9 Å². The smallest absolute Gasteiger partial charge is 0.200 e. The van der Waals surface area contributed by atoms with Crippen LogP contribution in [0, 0.1) is 11.3 Å². The summed E-state index contributed by atoms with van der Waals surface area (Å²) in [5.74, 6) is 1.17. The molecule has 0 bridgehead atoms. The Morgan fingerprint density at radius 1 is 0.966 bits per heavy atom. The van der Waals surface area contributed by atoms with Gasteiger partial charge in [-0.1, -0.05) is 24.3 Å². The van der Waals surface area contributed by atoms with Gasteiger partial charge in [-0.3, -0.25) is 4.79 Å². The van der Waals surface area contributed by atoms with E-state index in [4.69, 9.17) is 13.9 Å². The van der Waals surface area contributed by atoms with Crippen LogP contribution in [-0.2, 0) is 0 Å². The molecule has 0 saturated heterocycles. The lowest BCUT2D eigenvalue weighted by Crippen LogP contribution is -2.03. The number of benzene rings is 3. The van der Waals surface area contributed by atoms with Gasteiger partial charge in [-0.2, -0.15) is 5.26 Å². The van der Waals surface area contributed by atoms with Crippen molar-refractivity contribution in [2.45, 2.75) is 0 Å². The predicted molar refractivity (Wildman–Crippen MR) is 113 cm³/mol. The molecular weight excluding hydrogens is 366 g/mol. The highest BCUT2D eigenvalue weighted by Crippen LogP contribution is 2.31. The maximum absolute atomic E-state index is 12.9. The number of rotatable bonds is 4. The molecule has 5 heteroatoms. The Morgan fingerprint density at radius 3 is 2.48 bits per heavy atom. The molecule has 0 saturated carbocycles. The minimum atomic E-state index is -0.118. The lowest BCUT2D eigenvalue weighted by molar-refractivity contribution is 0.355. The molecule has 0 spiro atoms. The first-order chi connectivity index (χ1) is 14.2. The second-order valence-electron chi connectivity index (χ2n) is 6.39. The van der Waals surface area contributed by atoms with E-state index in [1.54, 1.807) is 68.8 Å².